The van der Waals surface area contributed by atoms with Gasteiger partial charge in [0.1, 0.15) is 17.3 Å². The van der Waals surface area contributed by atoms with Gasteiger partial charge >= 0.3 is 6.18 Å². The molecule has 0 aliphatic carbocycles. The van der Waals surface area contributed by atoms with Crippen molar-refractivity contribution < 1.29 is 27.8 Å². The molecule has 1 unspecified atom stereocenters. The van der Waals surface area contributed by atoms with Gasteiger partial charge in [-0.05, 0) is 49.2 Å². The molecule has 2 aromatic rings. The molecule has 0 bridgehead atoms. The van der Waals surface area contributed by atoms with E-state index in [0.29, 0.717) is 0 Å². The highest BCUT2D eigenvalue weighted by atomic mass is 19.4. The van der Waals surface area contributed by atoms with Crippen LogP contribution in [0.3, 0.4) is 0 Å². The van der Waals surface area contributed by atoms with Gasteiger partial charge < -0.3 is 10.2 Å². The van der Waals surface area contributed by atoms with Gasteiger partial charge in [0.05, 0.1) is 5.69 Å². The van der Waals surface area contributed by atoms with Gasteiger partial charge in [-0.15, -0.1) is 0 Å². The Kier molecular flexibility index (Phi) is 6.31. The number of aliphatic hydroxyl groups is 1. The molecule has 1 aromatic heterocycles. The van der Waals surface area contributed by atoms with E-state index in [0.717, 1.165) is 12.1 Å². The summed E-state index contributed by atoms with van der Waals surface area (Å²) in [5.41, 5.74) is -0.111. The second-order valence-corrected chi connectivity index (χ2v) is 4.97. The van der Waals surface area contributed by atoms with Gasteiger partial charge in [-0.1, -0.05) is 13.8 Å². The highest BCUT2D eigenvalue weighted by Gasteiger charge is 2.40. The number of rotatable bonds is 2. The number of aromatic nitrogens is 1. The molecule has 0 saturated carbocycles. The van der Waals surface area contributed by atoms with Crippen molar-refractivity contribution in [2.75, 3.05) is 0 Å². The van der Waals surface area contributed by atoms with Crippen LogP contribution >= 0.6 is 0 Å². The number of hydrogen-bond donors (Lipinski definition) is 2. The molecular weight excluding hydrogens is 326 g/mol. The third-order valence-electron chi connectivity index (χ3n) is 3.22. The van der Waals surface area contributed by atoms with E-state index in [4.69, 9.17) is 0 Å². The zero-order chi connectivity index (χ0) is 18.7. The quantitative estimate of drug-likeness (QED) is 0.767. The molecule has 2 rings (SSSR count). The summed E-state index contributed by atoms with van der Waals surface area (Å²) >= 11 is 0. The fraction of sp³-hybridized carbons (Fsp3) is 0.353. The van der Waals surface area contributed by atoms with Crippen LogP contribution in [0.4, 0.5) is 17.6 Å². The van der Waals surface area contributed by atoms with Crippen molar-refractivity contribution in [1.82, 2.24) is 4.98 Å². The maximum atomic E-state index is 13.3. The Morgan fingerprint density at radius 3 is 2.12 bits per heavy atom. The summed E-state index contributed by atoms with van der Waals surface area (Å²) in [5.74, 6) is -0.796. The maximum Gasteiger partial charge on any atom is 0.420 e. The van der Waals surface area contributed by atoms with E-state index in [1.54, 1.807) is 0 Å². The second-order valence-electron chi connectivity index (χ2n) is 4.97. The van der Waals surface area contributed by atoms with E-state index >= 15 is 0 Å². The fourth-order valence-electron chi connectivity index (χ4n) is 1.99. The first-order chi connectivity index (χ1) is 11.1. The van der Waals surface area contributed by atoms with E-state index in [-0.39, 0.29) is 28.1 Å². The molecule has 1 atom stereocenters. The first kappa shape index (κ1) is 19.9. The lowest BCUT2D eigenvalue weighted by Gasteiger charge is -2.17. The molecule has 7 heteroatoms. The van der Waals surface area contributed by atoms with Gasteiger partial charge in [-0.3, -0.25) is 0 Å². The number of halogens is 4. The smallest absolute Gasteiger partial charge is 0.420 e. The Labute approximate surface area is 137 Å². The molecular formula is C17H19F4NO2. The third kappa shape index (κ3) is 4.23. The molecule has 24 heavy (non-hydrogen) atoms. The highest BCUT2D eigenvalue weighted by molar-refractivity contribution is 5.68. The van der Waals surface area contributed by atoms with E-state index in [1.165, 1.54) is 26.0 Å². The summed E-state index contributed by atoms with van der Waals surface area (Å²) in [5, 5.41) is 19.3. The predicted octanol–water partition coefficient (Wildman–Crippen LogP) is 4.83. The van der Waals surface area contributed by atoms with Crippen LogP contribution in [0.25, 0.3) is 11.3 Å². The van der Waals surface area contributed by atoms with Crippen LogP contribution in [-0.2, 0) is 0 Å². The normalized spacial score (nSPS) is 12.4. The van der Waals surface area contributed by atoms with Crippen molar-refractivity contribution in [2.45, 2.75) is 40.0 Å². The average molecular weight is 345 g/mol. The molecule has 0 amide bonds. The number of aromatic hydroxyl groups is 1. The van der Waals surface area contributed by atoms with Crippen molar-refractivity contribution in [2.24, 2.45) is 0 Å². The molecule has 0 radical (unpaired) electrons. The summed E-state index contributed by atoms with van der Waals surface area (Å²) in [6.07, 6.45) is -7.63. The van der Waals surface area contributed by atoms with Crippen molar-refractivity contribution >= 4 is 0 Å². The lowest BCUT2D eigenvalue weighted by molar-refractivity contribution is -0.207. The van der Waals surface area contributed by atoms with Crippen LogP contribution in [-0.4, -0.2) is 21.4 Å². The monoisotopic (exact) mass is 345 g/mol. The van der Waals surface area contributed by atoms with E-state index in [1.807, 2.05) is 13.8 Å². The fourth-order valence-corrected chi connectivity index (χ4v) is 1.99. The zero-order valence-corrected chi connectivity index (χ0v) is 13.7. The molecule has 2 N–H and O–H groups in total. The van der Waals surface area contributed by atoms with Crippen molar-refractivity contribution in [3.05, 3.63) is 46.9 Å². The Balaban J connectivity index is 0.00000139. The van der Waals surface area contributed by atoms with Crippen LogP contribution in [0.2, 0.25) is 0 Å². The lowest BCUT2D eigenvalue weighted by Crippen LogP contribution is -2.21. The van der Waals surface area contributed by atoms with Crippen LogP contribution in [0.15, 0.2) is 24.3 Å². The number of pyridine rings is 1. The zero-order valence-electron chi connectivity index (χ0n) is 13.7. The molecule has 0 saturated heterocycles. The van der Waals surface area contributed by atoms with Crippen LogP contribution in [0.5, 0.6) is 5.75 Å². The van der Waals surface area contributed by atoms with Gasteiger partial charge in [0, 0.05) is 5.56 Å². The summed E-state index contributed by atoms with van der Waals surface area (Å²) in [6, 6.07) is 4.76. The van der Waals surface area contributed by atoms with E-state index in [9.17, 15) is 27.8 Å². The third-order valence-corrected chi connectivity index (χ3v) is 3.22. The van der Waals surface area contributed by atoms with Crippen molar-refractivity contribution in [3.63, 3.8) is 0 Å². The Morgan fingerprint density at radius 1 is 1.04 bits per heavy atom. The minimum atomic E-state index is -4.87. The average Bonchev–Trinajstić information content (AvgIpc) is 2.53. The number of aliphatic hydroxyl groups excluding tert-OH is 1. The van der Waals surface area contributed by atoms with Crippen LogP contribution in [0, 0.1) is 19.7 Å². The molecule has 1 heterocycles. The van der Waals surface area contributed by atoms with E-state index < -0.39 is 23.8 Å². The van der Waals surface area contributed by atoms with Gasteiger partial charge in [-0.2, -0.15) is 13.2 Å². The summed E-state index contributed by atoms with van der Waals surface area (Å²) in [6.45, 7) is 6.88. The van der Waals surface area contributed by atoms with Gasteiger partial charge in [0.2, 0.25) is 0 Å². The molecule has 0 aliphatic heterocycles. The number of nitrogens with zero attached hydrogens (tertiary/aromatic N) is 1. The largest absolute Gasteiger partial charge is 0.505 e. The summed E-state index contributed by atoms with van der Waals surface area (Å²) in [7, 11) is 0. The molecule has 0 fully saturated rings. The summed E-state index contributed by atoms with van der Waals surface area (Å²) in [4.78, 5) is 3.70. The highest BCUT2D eigenvalue weighted by Crippen LogP contribution is 2.37. The SMILES string of the molecule is CC.Cc1cc(-c2nc(C(O)C(F)(F)F)cc(C)c2O)ccc1F. The second kappa shape index (κ2) is 7.61. The lowest BCUT2D eigenvalue weighted by atomic mass is 10.0. The van der Waals surface area contributed by atoms with Crippen molar-refractivity contribution in [1.29, 1.82) is 0 Å². The molecule has 0 spiro atoms. The Morgan fingerprint density at radius 2 is 1.62 bits per heavy atom. The number of benzene rings is 1. The van der Waals surface area contributed by atoms with Gasteiger partial charge in [-0.25, -0.2) is 9.37 Å². The molecule has 132 valence electrons. The molecule has 0 aliphatic rings. The van der Waals surface area contributed by atoms with Crippen molar-refractivity contribution in [3.8, 4) is 17.0 Å². The van der Waals surface area contributed by atoms with Crippen LogP contribution in [0.1, 0.15) is 36.8 Å². The first-order valence-electron chi connectivity index (χ1n) is 7.33. The summed E-state index contributed by atoms with van der Waals surface area (Å²) < 4.78 is 51.1. The maximum absolute atomic E-state index is 13.3. The first-order valence-corrected chi connectivity index (χ1v) is 7.33. The van der Waals surface area contributed by atoms with Crippen LogP contribution < -0.4 is 0 Å². The Hall–Kier alpha value is -2.15. The molecule has 1 aromatic carbocycles. The number of alkyl halides is 3. The molecule has 3 nitrogen and oxygen atoms in total. The minimum absolute atomic E-state index is 0.130. The standard InChI is InChI=1S/C15H13F4NO2.C2H6/c1-7-5-9(3-4-10(7)16)12-13(21)8(2)6-11(20-12)14(22)15(17,18)19;1-2/h3-6,14,21-22H,1-2H3;1-2H3. The topological polar surface area (TPSA) is 53.4 Å². The predicted molar refractivity (Wildman–Crippen MR) is 83.1 cm³/mol. The van der Waals surface area contributed by atoms with Gasteiger partial charge in [0.15, 0.2) is 6.10 Å². The number of aryl methyl sites for hydroxylation is 2. The van der Waals surface area contributed by atoms with Gasteiger partial charge in [0.25, 0.3) is 0 Å². The minimum Gasteiger partial charge on any atom is -0.505 e. The Bertz CT molecular complexity index is 714. The van der Waals surface area contributed by atoms with E-state index in [2.05, 4.69) is 4.98 Å². The number of hydrogen-bond acceptors (Lipinski definition) is 3.